The highest BCUT2D eigenvalue weighted by atomic mass is 16.4. The maximum Gasteiger partial charge on any atom is 0.336 e. The smallest absolute Gasteiger partial charge is 0.336 e. The number of amides is 1. The van der Waals surface area contributed by atoms with E-state index in [4.69, 9.17) is 10.2 Å². The van der Waals surface area contributed by atoms with Crippen LogP contribution in [0.1, 0.15) is 23.6 Å². The zero-order chi connectivity index (χ0) is 17.1. The van der Waals surface area contributed by atoms with Crippen LogP contribution in [0, 0.1) is 6.92 Å². The van der Waals surface area contributed by atoms with Crippen molar-refractivity contribution in [1.29, 1.82) is 0 Å². The van der Waals surface area contributed by atoms with Gasteiger partial charge in [0.25, 0.3) is 0 Å². The van der Waals surface area contributed by atoms with Gasteiger partial charge in [-0.3, -0.25) is 4.79 Å². The van der Waals surface area contributed by atoms with Crippen molar-refractivity contribution in [3.63, 3.8) is 0 Å². The lowest BCUT2D eigenvalue weighted by atomic mass is 10.0. The van der Waals surface area contributed by atoms with Crippen LogP contribution < -0.4 is 16.7 Å². The Balaban J connectivity index is 1.75. The van der Waals surface area contributed by atoms with Crippen LogP contribution in [0.25, 0.3) is 11.0 Å². The van der Waals surface area contributed by atoms with Gasteiger partial charge in [0.15, 0.2) is 0 Å². The third kappa shape index (κ3) is 3.52. The van der Waals surface area contributed by atoms with Crippen LogP contribution >= 0.6 is 0 Å². The summed E-state index contributed by atoms with van der Waals surface area (Å²) < 4.78 is 5.18. The normalized spacial score (nSPS) is 12.1. The van der Waals surface area contributed by atoms with Gasteiger partial charge in [-0.2, -0.15) is 0 Å². The first kappa shape index (κ1) is 16.0. The zero-order valence-corrected chi connectivity index (χ0v) is 13.3. The minimum Gasteiger partial charge on any atom is -0.423 e. The molecule has 0 aliphatic heterocycles. The molecule has 1 amide bonds. The molecule has 5 heteroatoms. The Morgan fingerprint density at radius 1 is 1.17 bits per heavy atom. The first-order valence-corrected chi connectivity index (χ1v) is 7.68. The van der Waals surface area contributed by atoms with E-state index in [-0.39, 0.29) is 18.4 Å². The van der Waals surface area contributed by atoms with Crippen LogP contribution in [0.5, 0.6) is 0 Å². The lowest BCUT2D eigenvalue weighted by Gasteiger charge is -2.12. The van der Waals surface area contributed by atoms with Crippen LogP contribution in [-0.2, 0) is 4.79 Å². The van der Waals surface area contributed by atoms with Crippen LogP contribution in [-0.4, -0.2) is 5.91 Å². The molecule has 0 spiro atoms. The van der Waals surface area contributed by atoms with Gasteiger partial charge in [0, 0.05) is 35.7 Å². The van der Waals surface area contributed by atoms with E-state index in [2.05, 4.69) is 5.32 Å². The Kier molecular flexibility index (Phi) is 4.44. The highest BCUT2D eigenvalue weighted by molar-refractivity contribution is 5.93. The molecule has 5 nitrogen and oxygen atoms in total. The fraction of sp³-hybridized carbons (Fsp3) is 0.158. The fourth-order valence-corrected chi connectivity index (χ4v) is 2.63. The number of rotatable bonds is 4. The van der Waals surface area contributed by atoms with E-state index in [9.17, 15) is 9.59 Å². The molecule has 0 aliphatic rings. The first-order valence-electron chi connectivity index (χ1n) is 7.68. The second-order valence-corrected chi connectivity index (χ2v) is 5.73. The van der Waals surface area contributed by atoms with E-state index >= 15 is 0 Å². The third-order valence-electron chi connectivity index (χ3n) is 3.87. The second kappa shape index (κ2) is 6.68. The van der Waals surface area contributed by atoms with Gasteiger partial charge in [0.05, 0.1) is 0 Å². The van der Waals surface area contributed by atoms with E-state index in [1.807, 2.05) is 43.3 Å². The van der Waals surface area contributed by atoms with E-state index in [1.54, 1.807) is 12.1 Å². The summed E-state index contributed by atoms with van der Waals surface area (Å²) in [5, 5.41) is 3.63. The number of benzene rings is 2. The predicted octanol–water partition coefficient (Wildman–Crippen LogP) is 3.13. The van der Waals surface area contributed by atoms with Crippen molar-refractivity contribution in [1.82, 2.24) is 0 Å². The van der Waals surface area contributed by atoms with E-state index in [0.717, 1.165) is 16.5 Å². The molecule has 0 saturated heterocycles. The molecule has 1 heterocycles. The number of carbonyl (C=O) groups excluding carboxylic acids is 1. The van der Waals surface area contributed by atoms with Gasteiger partial charge < -0.3 is 15.5 Å². The first-order chi connectivity index (χ1) is 11.5. The molecule has 3 N–H and O–H groups in total. The summed E-state index contributed by atoms with van der Waals surface area (Å²) in [4.78, 5) is 23.7. The van der Waals surface area contributed by atoms with Gasteiger partial charge in [-0.1, -0.05) is 30.3 Å². The predicted molar refractivity (Wildman–Crippen MR) is 93.8 cm³/mol. The molecular formula is C19H18N2O3. The van der Waals surface area contributed by atoms with Crippen molar-refractivity contribution in [2.24, 2.45) is 5.73 Å². The lowest BCUT2D eigenvalue weighted by Crippen LogP contribution is -2.20. The van der Waals surface area contributed by atoms with Crippen LogP contribution in [0.2, 0.25) is 0 Å². The Morgan fingerprint density at radius 2 is 1.92 bits per heavy atom. The summed E-state index contributed by atoms with van der Waals surface area (Å²) in [7, 11) is 0. The maximum absolute atomic E-state index is 12.2. The van der Waals surface area contributed by atoms with Crippen molar-refractivity contribution in [3.8, 4) is 0 Å². The molecule has 3 aromatic rings. The summed E-state index contributed by atoms with van der Waals surface area (Å²) in [6.07, 6.45) is 0.166. The molecular weight excluding hydrogens is 304 g/mol. The largest absolute Gasteiger partial charge is 0.423 e. The van der Waals surface area contributed by atoms with Crippen molar-refractivity contribution < 1.29 is 9.21 Å². The summed E-state index contributed by atoms with van der Waals surface area (Å²) in [5.74, 6) is -0.194. The Labute approximate surface area is 139 Å². The van der Waals surface area contributed by atoms with Crippen LogP contribution in [0.15, 0.2) is 63.8 Å². The fourth-order valence-electron chi connectivity index (χ4n) is 2.63. The average molecular weight is 322 g/mol. The standard InChI is InChI=1S/C19H18N2O3/c1-12-9-19(23)24-17-10-14(7-8-15(12)17)21-18(22)11-16(20)13-5-3-2-4-6-13/h2-10,16H,11,20H2,1H3,(H,21,22). The number of anilines is 1. The van der Waals surface area contributed by atoms with Crippen molar-refractivity contribution in [3.05, 3.63) is 76.1 Å². The van der Waals surface area contributed by atoms with Crippen molar-refractivity contribution >= 4 is 22.6 Å². The molecule has 0 fully saturated rings. The van der Waals surface area contributed by atoms with Crippen LogP contribution in [0.4, 0.5) is 5.69 Å². The van der Waals surface area contributed by atoms with Gasteiger partial charge >= 0.3 is 5.63 Å². The van der Waals surface area contributed by atoms with Gasteiger partial charge in [-0.25, -0.2) is 4.79 Å². The molecule has 3 rings (SSSR count). The van der Waals surface area contributed by atoms with E-state index < -0.39 is 5.63 Å². The molecule has 1 unspecified atom stereocenters. The number of hydrogen-bond acceptors (Lipinski definition) is 4. The minimum atomic E-state index is -0.408. The summed E-state index contributed by atoms with van der Waals surface area (Å²) in [6.45, 7) is 1.84. The van der Waals surface area contributed by atoms with Crippen molar-refractivity contribution in [2.45, 2.75) is 19.4 Å². The number of nitrogens with one attached hydrogen (secondary N) is 1. The van der Waals surface area contributed by atoms with Gasteiger partial charge in [-0.05, 0) is 30.2 Å². The number of aryl methyl sites for hydroxylation is 1. The minimum absolute atomic E-state index is 0.166. The van der Waals surface area contributed by atoms with E-state index in [0.29, 0.717) is 11.3 Å². The monoisotopic (exact) mass is 322 g/mol. The lowest BCUT2D eigenvalue weighted by molar-refractivity contribution is -0.116. The van der Waals surface area contributed by atoms with Gasteiger partial charge in [-0.15, -0.1) is 0 Å². The molecule has 2 aromatic carbocycles. The number of fused-ring (bicyclic) bond motifs is 1. The van der Waals surface area contributed by atoms with Gasteiger partial charge in [0.1, 0.15) is 5.58 Å². The highest BCUT2D eigenvalue weighted by Crippen LogP contribution is 2.21. The quantitative estimate of drug-likeness (QED) is 0.723. The number of carbonyl (C=O) groups is 1. The zero-order valence-electron chi connectivity index (χ0n) is 13.3. The number of hydrogen-bond donors (Lipinski definition) is 2. The third-order valence-corrected chi connectivity index (χ3v) is 3.87. The highest BCUT2D eigenvalue weighted by Gasteiger charge is 2.12. The molecule has 0 aliphatic carbocycles. The van der Waals surface area contributed by atoms with Gasteiger partial charge in [0.2, 0.25) is 5.91 Å². The molecule has 122 valence electrons. The summed E-state index contributed by atoms with van der Waals surface area (Å²) in [5.41, 5.74) is 8.42. The summed E-state index contributed by atoms with van der Waals surface area (Å²) in [6, 6.07) is 15.8. The molecule has 0 bridgehead atoms. The Morgan fingerprint density at radius 3 is 2.67 bits per heavy atom. The molecule has 1 aromatic heterocycles. The summed E-state index contributed by atoms with van der Waals surface area (Å²) >= 11 is 0. The maximum atomic E-state index is 12.2. The second-order valence-electron chi connectivity index (χ2n) is 5.73. The van der Waals surface area contributed by atoms with Crippen molar-refractivity contribution in [2.75, 3.05) is 5.32 Å². The average Bonchev–Trinajstić information content (AvgIpc) is 2.55. The topological polar surface area (TPSA) is 85.3 Å². The molecule has 0 saturated carbocycles. The molecule has 24 heavy (non-hydrogen) atoms. The molecule has 0 radical (unpaired) electrons. The number of nitrogens with two attached hydrogens (primary N) is 1. The SMILES string of the molecule is Cc1cc(=O)oc2cc(NC(=O)CC(N)c3ccccc3)ccc12. The van der Waals surface area contributed by atoms with E-state index in [1.165, 1.54) is 6.07 Å². The Hall–Kier alpha value is -2.92. The van der Waals surface area contributed by atoms with Crippen LogP contribution in [0.3, 0.4) is 0 Å². The Bertz CT molecular complexity index is 932. The molecule has 1 atom stereocenters.